The molecule has 75 heavy (non-hydrogen) atoms. The second-order valence-corrected chi connectivity index (χ2v) is 23.1. The maximum atomic E-state index is 12.8. The second kappa shape index (κ2) is 64.4. The molecule has 0 amide bonds. The van der Waals surface area contributed by atoms with Crippen LogP contribution in [0.25, 0.3) is 0 Å². The highest BCUT2D eigenvalue weighted by Gasteiger charge is 2.19. The summed E-state index contributed by atoms with van der Waals surface area (Å²) in [7, 11) is 0. The second-order valence-electron chi connectivity index (χ2n) is 23.1. The molecule has 0 radical (unpaired) electrons. The van der Waals surface area contributed by atoms with Gasteiger partial charge in [-0.1, -0.05) is 334 Å². The summed E-state index contributed by atoms with van der Waals surface area (Å²) >= 11 is 0. The Kier molecular flexibility index (Phi) is 62.6. The van der Waals surface area contributed by atoms with Crippen LogP contribution in [0.15, 0.2) is 24.3 Å². The van der Waals surface area contributed by atoms with Crippen LogP contribution in [-0.2, 0) is 28.6 Å². The lowest BCUT2D eigenvalue weighted by Crippen LogP contribution is -2.30. The van der Waals surface area contributed by atoms with Gasteiger partial charge >= 0.3 is 17.9 Å². The number of hydrogen-bond acceptors (Lipinski definition) is 6. The fraction of sp³-hybridized carbons (Fsp3) is 0.899. The van der Waals surface area contributed by atoms with Crippen LogP contribution in [0.1, 0.15) is 380 Å². The van der Waals surface area contributed by atoms with Gasteiger partial charge in [0.2, 0.25) is 0 Å². The smallest absolute Gasteiger partial charge is 0.306 e. The number of carbonyl (C=O) groups excluding carboxylic acids is 3. The van der Waals surface area contributed by atoms with Crippen LogP contribution < -0.4 is 0 Å². The van der Waals surface area contributed by atoms with Gasteiger partial charge in [0, 0.05) is 19.3 Å². The minimum absolute atomic E-state index is 0.0634. The number of rotatable bonds is 63. The lowest BCUT2D eigenvalue weighted by molar-refractivity contribution is -0.167. The van der Waals surface area contributed by atoms with E-state index in [9.17, 15) is 14.4 Å². The fourth-order valence-corrected chi connectivity index (χ4v) is 10.4. The largest absolute Gasteiger partial charge is 0.462 e. The highest BCUT2D eigenvalue weighted by atomic mass is 16.6. The summed E-state index contributed by atoms with van der Waals surface area (Å²) < 4.78 is 16.9. The first-order valence-electron chi connectivity index (χ1n) is 33.8. The first kappa shape index (κ1) is 72.9. The van der Waals surface area contributed by atoms with Crippen LogP contribution in [0.5, 0.6) is 0 Å². The molecule has 6 heteroatoms. The third kappa shape index (κ3) is 62.6. The van der Waals surface area contributed by atoms with Crippen molar-refractivity contribution in [2.45, 2.75) is 386 Å². The van der Waals surface area contributed by atoms with Gasteiger partial charge in [0.1, 0.15) is 13.2 Å². The average molecular weight is 1060 g/mol. The van der Waals surface area contributed by atoms with E-state index >= 15 is 0 Å². The van der Waals surface area contributed by atoms with E-state index in [0.29, 0.717) is 19.3 Å². The maximum Gasteiger partial charge on any atom is 0.306 e. The molecule has 0 spiro atoms. The van der Waals surface area contributed by atoms with Crippen LogP contribution in [0.2, 0.25) is 0 Å². The summed E-state index contributed by atoms with van der Waals surface area (Å²) in [5.41, 5.74) is 0. The minimum Gasteiger partial charge on any atom is -0.462 e. The van der Waals surface area contributed by atoms with Crippen molar-refractivity contribution in [3.8, 4) is 0 Å². The topological polar surface area (TPSA) is 78.9 Å². The Balaban J connectivity index is 3.93. The van der Waals surface area contributed by atoms with Gasteiger partial charge in [-0.05, 0) is 51.4 Å². The van der Waals surface area contributed by atoms with Gasteiger partial charge in [0.25, 0.3) is 0 Å². The Morgan fingerprint density at radius 1 is 0.267 bits per heavy atom. The van der Waals surface area contributed by atoms with Gasteiger partial charge < -0.3 is 14.2 Å². The zero-order valence-electron chi connectivity index (χ0n) is 50.8. The molecule has 0 aromatic carbocycles. The summed E-state index contributed by atoms with van der Waals surface area (Å²) in [6.07, 6.45) is 78.0. The third-order valence-corrected chi connectivity index (χ3v) is 15.5. The zero-order valence-corrected chi connectivity index (χ0v) is 50.8. The summed E-state index contributed by atoms with van der Waals surface area (Å²) in [4.78, 5) is 38.1. The van der Waals surface area contributed by atoms with Crippen molar-refractivity contribution < 1.29 is 28.6 Å². The zero-order chi connectivity index (χ0) is 54.3. The summed E-state index contributed by atoms with van der Waals surface area (Å²) in [5, 5.41) is 0. The standard InChI is InChI=1S/C69H130O6/c1-4-7-10-13-16-19-22-24-25-26-27-28-29-30-31-32-33-34-35-36-37-38-39-40-41-42-43-44-45-46-48-50-53-56-59-62-68(71)74-65-66(64-73-67(70)61-58-55-52-49-21-18-15-12-9-6-3)75-69(72)63-60-57-54-51-47-23-20-17-14-11-8-5-2/h22,24,26-27,66H,4-21,23,25,28-65H2,1-3H3/b24-22-,27-26-. The molecule has 0 rings (SSSR count). The van der Waals surface area contributed by atoms with Crippen molar-refractivity contribution in [1.29, 1.82) is 0 Å². The van der Waals surface area contributed by atoms with E-state index in [4.69, 9.17) is 14.2 Å². The van der Waals surface area contributed by atoms with Gasteiger partial charge in [-0.2, -0.15) is 0 Å². The Labute approximate surface area is 468 Å². The van der Waals surface area contributed by atoms with Crippen molar-refractivity contribution >= 4 is 17.9 Å². The number of esters is 3. The summed E-state index contributed by atoms with van der Waals surface area (Å²) in [5.74, 6) is -0.839. The Bertz CT molecular complexity index is 1210. The van der Waals surface area contributed by atoms with E-state index in [2.05, 4.69) is 45.1 Å². The molecule has 0 heterocycles. The number of unbranched alkanes of at least 4 members (excludes halogenated alkanes) is 48. The number of ether oxygens (including phenoxy) is 3. The number of hydrogen-bond donors (Lipinski definition) is 0. The van der Waals surface area contributed by atoms with Gasteiger partial charge in [-0.3, -0.25) is 14.4 Å². The van der Waals surface area contributed by atoms with Crippen molar-refractivity contribution in [2.24, 2.45) is 0 Å². The van der Waals surface area contributed by atoms with Gasteiger partial charge in [0.05, 0.1) is 0 Å². The molecule has 0 N–H and O–H groups in total. The Morgan fingerprint density at radius 2 is 0.480 bits per heavy atom. The summed E-state index contributed by atoms with van der Waals surface area (Å²) in [6.45, 7) is 6.67. The highest BCUT2D eigenvalue weighted by molar-refractivity contribution is 5.71. The molecular formula is C69H130O6. The average Bonchev–Trinajstić information content (AvgIpc) is 3.41. The van der Waals surface area contributed by atoms with E-state index in [0.717, 1.165) is 64.2 Å². The monoisotopic (exact) mass is 1050 g/mol. The van der Waals surface area contributed by atoms with Gasteiger partial charge in [-0.15, -0.1) is 0 Å². The molecule has 6 nitrogen and oxygen atoms in total. The molecule has 0 aromatic rings. The van der Waals surface area contributed by atoms with Gasteiger partial charge in [-0.25, -0.2) is 0 Å². The molecule has 1 unspecified atom stereocenters. The molecule has 0 aliphatic carbocycles. The Morgan fingerprint density at radius 3 is 0.733 bits per heavy atom. The van der Waals surface area contributed by atoms with E-state index in [-0.39, 0.29) is 31.1 Å². The predicted molar refractivity (Wildman–Crippen MR) is 326 cm³/mol. The van der Waals surface area contributed by atoms with Crippen molar-refractivity contribution in [1.82, 2.24) is 0 Å². The first-order chi connectivity index (χ1) is 37.0. The molecule has 0 saturated carbocycles. The fourth-order valence-electron chi connectivity index (χ4n) is 10.4. The molecule has 0 aliphatic rings. The van der Waals surface area contributed by atoms with E-state index < -0.39 is 6.10 Å². The lowest BCUT2D eigenvalue weighted by atomic mass is 10.0. The molecule has 0 fully saturated rings. The van der Waals surface area contributed by atoms with Gasteiger partial charge in [0.15, 0.2) is 6.10 Å². The SMILES string of the molecule is CCCCCCC/C=C\C/C=C\CCCCCCCCCCCCCCCCCCCCCCCCCC(=O)OCC(COC(=O)CCCCCCCCCCCC)OC(=O)CCCCCCCCCCCCCC. The van der Waals surface area contributed by atoms with Crippen molar-refractivity contribution in [3.05, 3.63) is 24.3 Å². The molecule has 0 bridgehead atoms. The highest BCUT2D eigenvalue weighted by Crippen LogP contribution is 2.18. The predicted octanol–water partition coefficient (Wildman–Crippen LogP) is 23.0. The molecular weight excluding hydrogens is 925 g/mol. The van der Waals surface area contributed by atoms with Crippen LogP contribution in [0, 0.1) is 0 Å². The molecule has 1 atom stereocenters. The molecule has 442 valence electrons. The first-order valence-corrected chi connectivity index (χ1v) is 33.8. The van der Waals surface area contributed by atoms with Crippen LogP contribution >= 0.6 is 0 Å². The van der Waals surface area contributed by atoms with E-state index in [1.807, 2.05) is 0 Å². The normalized spacial score (nSPS) is 12.1. The lowest BCUT2D eigenvalue weighted by Gasteiger charge is -2.18. The van der Waals surface area contributed by atoms with E-state index in [1.54, 1.807) is 0 Å². The van der Waals surface area contributed by atoms with Crippen molar-refractivity contribution in [3.63, 3.8) is 0 Å². The molecule has 0 aliphatic heterocycles. The molecule has 0 aromatic heterocycles. The molecule has 0 saturated heterocycles. The minimum atomic E-state index is -0.763. The van der Waals surface area contributed by atoms with E-state index in [1.165, 1.54) is 276 Å². The maximum absolute atomic E-state index is 12.8. The quantitative estimate of drug-likeness (QED) is 0.0261. The number of allylic oxidation sites excluding steroid dienone is 4. The van der Waals surface area contributed by atoms with Crippen LogP contribution in [0.3, 0.4) is 0 Å². The van der Waals surface area contributed by atoms with Crippen molar-refractivity contribution in [2.75, 3.05) is 13.2 Å². The third-order valence-electron chi connectivity index (χ3n) is 15.5. The summed E-state index contributed by atoms with van der Waals surface area (Å²) in [6, 6.07) is 0. The van der Waals surface area contributed by atoms with Crippen LogP contribution in [-0.4, -0.2) is 37.2 Å². The number of carbonyl (C=O) groups is 3. The Hall–Kier alpha value is -2.11. The van der Waals surface area contributed by atoms with Crippen LogP contribution in [0.4, 0.5) is 0 Å².